The average molecular weight is 192 g/mol. The van der Waals surface area contributed by atoms with Crippen LogP contribution >= 0.6 is 0 Å². The molecule has 0 N–H and O–H groups in total. The summed E-state index contributed by atoms with van der Waals surface area (Å²) in [6.45, 7) is 0. The summed E-state index contributed by atoms with van der Waals surface area (Å²) < 4.78 is 0. The Morgan fingerprint density at radius 3 is 2.57 bits per heavy atom. The van der Waals surface area contributed by atoms with Gasteiger partial charge in [0.05, 0.1) is 0 Å². The molecule has 0 aromatic carbocycles. The fraction of sp³-hybridized carbons (Fsp3) is 0.769. The van der Waals surface area contributed by atoms with Gasteiger partial charge in [0.15, 0.2) is 0 Å². The van der Waals surface area contributed by atoms with E-state index in [2.05, 4.69) is 12.2 Å². The number of rotatable bonds is 1. The molecule has 0 aromatic rings. The van der Waals surface area contributed by atoms with E-state index in [0.29, 0.717) is 0 Å². The first kappa shape index (κ1) is 9.95. The largest absolute Gasteiger partial charge is 0.303 e. The molecule has 0 aliphatic heterocycles. The number of allylic oxidation sites excluding steroid dienone is 2. The van der Waals surface area contributed by atoms with Crippen LogP contribution in [0.3, 0.4) is 0 Å². The second-order valence-electron chi connectivity index (χ2n) is 4.84. The van der Waals surface area contributed by atoms with E-state index in [0.717, 1.165) is 24.5 Å². The van der Waals surface area contributed by atoms with Crippen molar-refractivity contribution in [3.8, 4) is 0 Å². The van der Waals surface area contributed by atoms with E-state index >= 15 is 0 Å². The van der Waals surface area contributed by atoms with Gasteiger partial charge >= 0.3 is 0 Å². The van der Waals surface area contributed by atoms with Crippen molar-refractivity contribution in [1.29, 1.82) is 0 Å². The highest BCUT2D eigenvalue weighted by Crippen LogP contribution is 2.36. The molecule has 3 atom stereocenters. The monoisotopic (exact) mass is 192 g/mol. The molecule has 0 saturated heterocycles. The molecule has 2 aliphatic carbocycles. The molecule has 78 valence electrons. The number of carbonyl (C=O) groups is 1. The zero-order chi connectivity index (χ0) is 9.80. The van der Waals surface area contributed by atoms with Gasteiger partial charge in [-0.3, -0.25) is 0 Å². The fourth-order valence-corrected chi connectivity index (χ4v) is 2.95. The van der Waals surface area contributed by atoms with Crippen LogP contribution in [0.15, 0.2) is 12.2 Å². The highest BCUT2D eigenvalue weighted by molar-refractivity contribution is 5.57. The number of hydrogen-bond acceptors (Lipinski definition) is 1. The lowest BCUT2D eigenvalue weighted by Gasteiger charge is -2.31. The van der Waals surface area contributed by atoms with Gasteiger partial charge in [-0.2, -0.15) is 0 Å². The van der Waals surface area contributed by atoms with Crippen molar-refractivity contribution in [2.75, 3.05) is 0 Å². The van der Waals surface area contributed by atoms with Crippen LogP contribution in [0, 0.1) is 17.8 Å². The fourth-order valence-electron chi connectivity index (χ4n) is 2.95. The first-order chi connectivity index (χ1) is 6.90. The summed E-state index contributed by atoms with van der Waals surface area (Å²) in [5, 5.41) is 0. The van der Waals surface area contributed by atoms with E-state index in [1.54, 1.807) is 0 Å². The van der Waals surface area contributed by atoms with E-state index in [-0.39, 0.29) is 5.92 Å². The van der Waals surface area contributed by atoms with Crippen molar-refractivity contribution in [2.45, 2.75) is 44.9 Å². The van der Waals surface area contributed by atoms with Crippen LogP contribution in [0.5, 0.6) is 0 Å². The van der Waals surface area contributed by atoms with Crippen molar-refractivity contribution < 1.29 is 4.79 Å². The molecule has 3 unspecified atom stereocenters. The Balaban J connectivity index is 2.01. The second-order valence-corrected chi connectivity index (χ2v) is 4.84. The molecule has 14 heavy (non-hydrogen) atoms. The van der Waals surface area contributed by atoms with Gasteiger partial charge in [-0.1, -0.05) is 37.8 Å². The van der Waals surface area contributed by atoms with Crippen LogP contribution in [0.2, 0.25) is 0 Å². The lowest BCUT2D eigenvalue weighted by Crippen LogP contribution is -2.22. The van der Waals surface area contributed by atoms with Gasteiger partial charge in [-0.15, -0.1) is 0 Å². The van der Waals surface area contributed by atoms with Crippen molar-refractivity contribution in [3.05, 3.63) is 12.2 Å². The lowest BCUT2D eigenvalue weighted by molar-refractivity contribution is -0.110. The third-order valence-electron chi connectivity index (χ3n) is 3.82. The average Bonchev–Trinajstić information content (AvgIpc) is 2.18. The summed E-state index contributed by atoms with van der Waals surface area (Å²) in [5.74, 6) is 1.80. The van der Waals surface area contributed by atoms with E-state index in [1.165, 1.54) is 38.5 Å². The summed E-state index contributed by atoms with van der Waals surface area (Å²) in [6.07, 6.45) is 15.0. The first-order valence-electron chi connectivity index (χ1n) is 6.04. The van der Waals surface area contributed by atoms with Gasteiger partial charge in [-0.25, -0.2) is 0 Å². The topological polar surface area (TPSA) is 17.1 Å². The van der Waals surface area contributed by atoms with E-state index in [4.69, 9.17) is 0 Å². The number of hydrogen-bond donors (Lipinski definition) is 0. The van der Waals surface area contributed by atoms with Gasteiger partial charge in [0.25, 0.3) is 0 Å². The lowest BCUT2D eigenvalue weighted by atomic mass is 9.73. The number of fused-ring (bicyclic) bond motifs is 1. The Kier molecular flexibility index (Phi) is 3.39. The summed E-state index contributed by atoms with van der Waals surface area (Å²) >= 11 is 0. The van der Waals surface area contributed by atoms with E-state index in [1.807, 2.05) is 0 Å². The van der Waals surface area contributed by atoms with Crippen LogP contribution in [0.1, 0.15) is 44.9 Å². The third-order valence-corrected chi connectivity index (χ3v) is 3.82. The zero-order valence-electron chi connectivity index (χ0n) is 8.82. The van der Waals surface area contributed by atoms with Gasteiger partial charge in [0, 0.05) is 5.92 Å². The molecule has 0 aromatic heterocycles. The Morgan fingerprint density at radius 2 is 1.79 bits per heavy atom. The minimum absolute atomic E-state index is 0.218. The number of aldehydes is 1. The Morgan fingerprint density at radius 1 is 1.00 bits per heavy atom. The molecule has 2 aliphatic rings. The minimum atomic E-state index is 0.218. The quantitative estimate of drug-likeness (QED) is 0.460. The molecule has 0 amide bonds. The van der Waals surface area contributed by atoms with Crippen LogP contribution in [-0.2, 0) is 4.79 Å². The van der Waals surface area contributed by atoms with Gasteiger partial charge < -0.3 is 4.79 Å². The summed E-state index contributed by atoms with van der Waals surface area (Å²) in [4.78, 5) is 10.7. The predicted octanol–water partition coefficient (Wildman–Crippen LogP) is 3.35. The maximum Gasteiger partial charge on any atom is 0.126 e. The van der Waals surface area contributed by atoms with Crippen LogP contribution in [0.4, 0.5) is 0 Å². The molecular formula is C13H20O. The maximum atomic E-state index is 10.7. The van der Waals surface area contributed by atoms with Crippen LogP contribution in [-0.4, -0.2) is 6.29 Å². The highest BCUT2D eigenvalue weighted by Gasteiger charge is 2.26. The van der Waals surface area contributed by atoms with Crippen molar-refractivity contribution in [3.63, 3.8) is 0 Å². The van der Waals surface area contributed by atoms with Crippen molar-refractivity contribution >= 4 is 6.29 Å². The summed E-state index contributed by atoms with van der Waals surface area (Å²) in [6, 6.07) is 0. The van der Waals surface area contributed by atoms with Crippen LogP contribution < -0.4 is 0 Å². The number of carbonyl (C=O) groups excluding carboxylic acids is 1. The highest BCUT2D eigenvalue weighted by atomic mass is 16.1. The third kappa shape index (κ3) is 2.26. The van der Waals surface area contributed by atoms with Crippen LogP contribution in [0.25, 0.3) is 0 Å². The maximum absolute atomic E-state index is 10.7. The molecule has 2 rings (SSSR count). The molecule has 1 nitrogen and oxygen atoms in total. The molecule has 0 bridgehead atoms. The predicted molar refractivity (Wildman–Crippen MR) is 58.0 cm³/mol. The molecule has 1 fully saturated rings. The standard InChI is InChI=1S/C13H20O/c14-10-11-7-8-12-5-3-1-2-4-6-13(12)9-11/h7-8,10-13H,1-6,9H2. The Hall–Kier alpha value is -0.590. The molecule has 0 spiro atoms. The summed E-state index contributed by atoms with van der Waals surface area (Å²) in [5.41, 5.74) is 0. The Labute approximate surface area is 86.6 Å². The van der Waals surface area contributed by atoms with Gasteiger partial charge in [0.2, 0.25) is 0 Å². The van der Waals surface area contributed by atoms with Gasteiger partial charge in [0.1, 0.15) is 6.29 Å². The van der Waals surface area contributed by atoms with E-state index in [9.17, 15) is 4.79 Å². The smallest absolute Gasteiger partial charge is 0.126 e. The zero-order valence-corrected chi connectivity index (χ0v) is 8.82. The SMILES string of the molecule is O=CC1C=CC2CCCCCCC2C1. The summed E-state index contributed by atoms with van der Waals surface area (Å²) in [7, 11) is 0. The molecule has 0 radical (unpaired) electrons. The van der Waals surface area contributed by atoms with E-state index < -0.39 is 0 Å². The van der Waals surface area contributed by atoms with Crippen molar-refractivity contribution in [1.82, 2.24) is 0 Å². The second kappa shape index (κ2) is 4.77. The molecular weight excluding hydrogens is 172 g/mol. The first-order valence-corrected chi connectivity index (χ1v) is 6.04. The normalized spacial score (nSPS) is 38.1. The van der Waals surface area contributed by atoms with Crippen molar-refractivity contribution in [2.24, 2.45) is 17.8 Å². The minimum Gasteiger partial charge on any atom is -0.303 e. The molecule has 0 heterocycles. The Bertz CT molecular complexity index is 219. The van der Waals surface area contributed by atoms with Gasteiger partial charge in [-0.05, 0) is 31.1 Å². The molecule has 1 saturated carbocycles. The molecule has 1 heteroatoms.